The number of H-pyrrole nitrogens is 1. The van der Waals surface area contributed by atoms with Gasteiger partial charge in [0.1, 0.15) is 17.0 Å². The van der Waals surface area contributed by atoms with Crippen molar-refractivity contribution in [1.29, 1.82) is 0 Å². The zero-order chi connectivity index (χ0) is 13.3. The number of hydrogen-bond donors (Lipinski definition) is 2. The average molecular weight is 257 g/mol. The van der Waals surface area contributed by atoms with Gasteiger partial charge in [0.2, 0.25) is 0 Å². The Labute approximate surface area is 99.7 Å². The van der Waals surface area contributed by atoms with Crippen LogP contribution in [0.4, 0.5) is 13.6 Å². The Morgan fingerprint density at radius 1 is 1.50 bits per heavy atom. The first kappa shape index (κ1) is 12.1. The second kappa shape index (κ2) is 4.47. The SMILES string of the molecule is COc1cc(OC(N)=O)cc2[nH]c(C(F)F)nc12. The quantitative estimate of drug-likeness (QED) is 0.879. The number of aromatic amines is 1. The number of alkyl halides is 2. The summed E-state index contributed by atoms with van der Waals surface area (Å²) in [6.07, 6.45) is -3.74. The maximum absolute atomic E-state index is 12.5. The van der Waals surface area contributed by atoms with Gasteiger partial charge in [0.05, 0.1) is 12.6 Å². The molecule has 96 valence electrons. The summed E-state index contributed by atoms with van der Waals surface area (Å²) in [5, 5.41) is 0. The fourth-order valence-electron chi connectivity index (χ4n) is 1.51. The summed E-state index contributed by atoms with van der Waals surface area (Å²) in [7, 11) is 1.35. The number of benzene rings is 1. The van der Waals surface area contributed by atoms with E-state index in [1.54, 1.807) is 0 Å². The third-order valence-corrected chi connectivity index (χ3v) is 2.19. The molecule has 0 radical (unpaired) electrons. The number of carbonyl (C=O) groups is 1. The highest BCUT2D eigenvalue weighted by atomic mass is 19.3. The smallest absolute Gasteiger partial charge is 0.409 e. The van der Waals surface area contributed by atoms with E-state index in [4.69, 9.17) is 10.5 Å². The first-order chi connectivity index (χ1) is 8.51. The van der Waals surface area contributed by atoms with Gasteiger partial charge in [-0.3, -0.25) is 0 Å². The number of hydrogen-bond acceptors (Lipinski definition) is 4. The molecule has 0 atom stereocenters. The lowest BCUT2D eigenvalue weighted by atomic mass is 10.3. The van der Waals surface area contributed by atoms with Crippen molar-refractivity contribution in [3.05, 3.63) is 18.0 Å². The van der Waals surface area contributed by atoms with E-state index in [-0.39, 0.29) is 22.5 Å². The van der Waals surface area contributed by atoms with Crippen LogP contribution in [-0.4, -0.2) is 23.2 Å². The molecule has 1 aromatic carbocycles. The molecule has 1 heterocycles. The number of nitrogens with zero attached hydrogens (tertiary/aromatic N) is 1. The molecule has 2 aromatic rings. The van der Waals surface area contributed by atoms with Gasteiger partial charge in [-0.05, 0) is 0 Å². The molecule has 0 saturated carbocycles. The van der Waals surface area contributed by atoms with Crippen LogP contribution in [0.3, 0.4) is 0 Å². The van der Waals surface area contributed by atoms with Crippen LogP contribution in [0, 0.1) is 0 Å². The van der Waals surface area contributed by atoms with Crippen molar-refractivity contribution in [2.24, 2.45) is 5.73 Å². The topological polar surface area (TPSA) is 90.2 Å². The van der Waals surface area contributed by atoms with E-state index in [0.29, 0.717) is 0 Å². The Morgan fingerprint density at radius 2 is 2.22 bits per heavy atom. The highest BCUT2D eigenvalue weighted by Crippen LogP contribution is 2.31. The summed E-state index contributed by atoms with van der Waals surface area (Å²) in [6, 6.07) is 2.67. The third-order valence-electron chi connectivity index (χ3n) is 2.19. The van der Waals surface area contributed by atoms with Crippen molar-refractivity contribution in [3.8, 4) is 11.5 Å². The predicted octanol–water partition coefficient (Wildman–Crippen LogP) is 1.97. The number of halogens is 2. The van der Waals surface area contributed by atoms with E-state index in [2.05, 4.69) is 14.7 Å². The van der Waals surface area contributed by atoms with Crippen LogP contribution in [-0.2, 0) is 0 Å². The number of carbonyl (C=O) groups excluding carboxylic acids is 1. The van der Waals surface area contributed by atoms with Crippen molar-refractivity contribution in [3.63, 3.8) is 0 Å². The predicted molar refractivity (Wildman–Crippen MR) is 57.8 cm³/mol. The van der Waals surface area contributed by atoms with Crippen molar-refractivity contribution >= 4 is 17.1 Å². The summed E-state index contributed by atoms with van der Waals surface area (Å²) in [6.45, 7) is 0. The molecule has 6 nitrogen and oxygen atoms in total. The fraction of sp³-hybridized carbons (Fsp3) is 0.200. The largest absolute Gasteiger partial charge is 0.494 e. The molecule has 0 saturated heterocycles. The molecule has 1 amide bonds. The Balaban J connectivity index is 2.56. The Bertz CT molecular complexity index is 597. The molecular weight excluding hydrogens is 248 g/mol. The number of nitrogens with one attached hydrogen (secondary N) is 1. The third kappa shape index (κ3) is 2.17. The molecule has 0 aliphatic carbocycles. The zero-order valence-electron chi connectivity index (χ0n) is 9.24. The van der Waals surface area contributed by atoms with Gasteiger partial charge in [-0.15, -0.1) is 0 Å². The number of fused-ring (bicyclic) bond motifs is 1. The summed E-state index contributed by atoms with van der Waals surface area (Å²) in [5.74, 6) is -0.206. The minimum atomic E-state index is -2.73. The van der Waals surface area contributed by atoms with E-state index in [1.165, 1.54) is 19.2 Å². The van der Waals surface area contributed by atoms with Crippen LogP contribution in [0.25, 0.3) is 11.0 Å². The molecule has 8 heteroatoms. The van der Waals surface area contributed by atoms with Crippen LogP contribution in [0.2, 0.25) is 0 Å². The minimum Gasteiger partial charge on any atom is -0.494 e. The Hall–Kier alpha value is -2.38. The first-order valence-corrected chi connectivity index (χ1v) is 4.84. The average Bonchev–Trinajstić information content (AvgIpc) is 2.70. The van der Waals surface area contributed by atoms with Crippen molar-refractivity contribution in [2.45, 2.75) is 6.43 Å². The minimum absolute atomic E-state index is 0.0799. The van der Waals surface area contributed by atoms with Gasteiger partial charge in [0.15, 0.2) is 5.82 Å². The number of amides is 1. The van der Waals surface area contributed by atoms with Gasteiger partial charge >= 0.3 is 6.09 Å². The molecule has 0 fully saturated rings. The number of nitrogens with two attached hydrogens (primary N) is 1. The van der Waals surface area contributed by atoms with Crippen molar-refractivity contribution in [2.75, 3.05) is 7.11 Å². The highest BCUT2D eigenvalue weighted by Gasteiger charge is 2.16. The second-order valence-electron chi connectivity index (χ2n) is 3.37. The highest BCUT2D eigenvalue weighted by molar-refractivity contribution is 5.84. The van der Waals surface area contributed by atoms with Gasteiger partial charge in [-0.2, -0.15) is 0 Å². The number of primary amides is 1. The van der Waals surface area contributed by atoms with Gasteiger partial charge in [-0.1, -0.05) is 0 Å². The van der Waals surface area contributed by atoms with Gasteiger partial charge in [-0.25, -0.2) is 18.6 Å². The number of rotatable bonds is 3. The lowest BCUT2D eigenvalue weighted by Crippen LogP contribution is -2.16. The summed E-state index contributed by atoms with van der Waals surface area (Å²) < 4.78 is 34.7. The molecule has 0 unspecified atom stereocenters. The lowest BCUT2D eigenvalue weighted by Gasteiger charge is -2.04. The summed E-state index contributed by atoms with van der Waals surface area (Å²) >= 11 is 0. The number of aromatic nitrogens is 2. The van der Waals surface area contributed by atoms with Gasteiger partial charge < -0.3 is 20.2 Å². The van der Waals surface area contributed by atoms with Crippen molar-refractivity contribution < 1.29 is 23.0 Å². The fourth-order valence-corrected chi connectivity index (χ4v) is 1.51. The lowest BCUT2D eigenvalue weighted by molar-refractivity contribution is 0.142. The van der Waals surface area contributed by atoms with Crippen LogP contribution in [0.5, 0.6) is 11.5 Å². The standard InChI is InChI=1S/C10H9F2N3O3/c1-17-6-3-4(18-10(13)16)2-5-7(6)15-9(14-5)8(11)12/h2-3,8H,1H3,(H2,13,16)(H,14,15). The van der Waals surface area contributed by atoms with E-state index in [0.717, 1.165) is 0 Å². The number of imidazole rings is 1. The maximum Gasteiger partial charge on any atom is 0.409 e. The Kier molecular flexibility index (Phi) is 3.00. The molecule has 1 aromatic heterocycles. The van der Waals surface area contributed by atoms with E-state index in [1.807, 2.05) is 0 Å². The van der Waals surface area contributed by atoms with Crippen LogP contribution in [0.1, 0.15) is 12.2 Å². The summed E-state index contributed by atoms with van der Waals surface area (Å²) in [4.78, 5) is 16.7. The Morgan fingerprint density at radius 3 is 2.78 bits per heavy atom. The first-order valence-electron chi connectivity index (χ1n) is 4.84. The molecule has 3 N–H and O–H groups in total. The van der Waals surface area contributed by atoms with E-state index < -0.39 is 18.3 Å². The van der Waals surface area contributed by atoms with Gasteiger partial charge in [0, 0.05) is 12.1 Å². The maximum atomic E-state index is 12.5. The number of methoxy groups -OCH3 is 1. The molecule has 0 spiro atoms. The molecule has 0 bridgehead atoms. The zero-order valence-corrected chi connectivity index (χ0v) is 9.24. The van der Waals surface area contributed by atoms with Gasteiger partial charge in [0.25, 0.3) is 6.43 Å². The second-order valence-corrected chi connectivity index (χ2v) is 3.37. The van der Waals surface area contributed by atoms with E-state index in [9.17, 15) is 13.6 Å². The van der Waals surface area contributed by atoms with Crippen LogP contribution >= 0.6 is 0 Å². The molecule has 18 heavy (non-hydrogen) atoms. The summed E-state index contributed by atoms with van der Waals surface area (Å²) in [5.41, 5.74) is 5.36. The molecular formula is C10H9F2N3O3. The molecule has 2 rings (SSSR count). The van der Waals surface area contributed by atoms with E-state index >= 15 is 0 Å². The van der Waals surface area contributed by atoms with Crippen LogP contribution < -0.4 is 15.2 Å². The monoisotopic (exact) mass is 257 g/mol. The molecule has 0 aliphatic rings. The van der Waals surface area contributed by atoms with Crippen molar-refractivity contribution in [1.82, 2.24) is 9.97 Å². The van der Waals surface area contributed by atoms with Crippen LogP contribution in [0.15, 0.2) is 12.1 Å². The molecule has 0 aliphatic heterocycles. The normalized spacial score (nSPS) is 10.9. The number of ether oxygens (including phenoxy) is 2.